The summed E-state index contributed by atoms with van der Waals surface area (Å²) >= 11 is 0. The highest BCUT2D eigenvalue weighted by atomic mass is 19.4. The minimum Gasteiger partial charge on any atom is -0.338 e. The SMILES string of the molecule is Cc1ccc(C(=O)NC(C)(C)C(F)(F)F)cc1C. The van der Waals surface area contributed by atoms with Crippen molar-refractivity contribution in [1.82, 2.24) is 5.32 Å². The molecule has 0 saturated heterocycles. The van der Waals surface area contributed by atoms with E-state index in [9.17, 15) is 18.0 Å². The summed E-state index contributed by atoms with van der Waals surface area (Å²) < 4.78 is 37.9. The lowest BCUT2D eigenvalue weighted by molar-refractivity contribution is -0.182. The smallest absolute Gasteiger partial charge is 0.338 e. The van der Waals surface area contributed by atoms with Crippen LogP contribution in [-0.4, -0.2) is 17.6 Å². The van der Waals surface area contributed by atoms with Crippen LogP contribution in [0.4, 0.5) is 13.2 Å². The van der Waals surface area contributed by atoms with E-state index in [1.54, 1.807) is 19.1 Å². The first-order valence-corrected chi connectivity index (χ1v) is 5.51. The Kier molecular flexibility index (Phi) is 3.74. The third-order valence-electron chi connectivity index (χ3n) is 2.90. The second kappa shape index (κ2) is 4.63. The van der Waals surface area contributed by atoms with Crippen molar-refractivity contribution < 1.29 is 18.0 Å². The van der Waals surface area contributed by atoms with Crippen LogP contribution in [0.5, 0.6) is 0 Å². The minimum atomic E-state index is -4.48. The zero-order valence-electron chi connectivity index (χ0n) is 10.8. The van der Waals surface area contributed by atoms with E-state index < -0.39 is 17.6 Å². The summed E-state index contributed by atoms with van der Waals surface area (Å²) in [5.74, 6) is -0.722. The number of hydrogen-bond acceptors (Lipinski definition) is 1. The molecule has 0 fully saturated rings. The van der Waals surface area contributed by atoms with E-state index in [-0.39, 0.29) is 5.56 Å². The molecule has 0 unspecified atom stereocenters. The fourth-order valence-corrected chi connectivity index (χ4v) is 1.31. The largest absolute Gasteiger partial charge is 0.410 e. The molecule has 2 nitrogen and oxygen atoms in total. The normalized spacial score (nSPS) is 12.4. The fraction of sp³-hybridized carbons (Fsp3) is 0.462. The van der Waals surface area contributed by atoms with Gasteiger partial charge in [0.2, 0.25) is 0 Å². The Morgan fingerprint density at radius 2 is 1.67 bits per heavy atom. The van der Waals surface area contributed by atoms with Crippen LogP contribution >= 0.6 is 0 Å². The molecule has 0 spiro atoms. The van der Waals surface area contributed by atoms with Gasteiger partial charge in [-0.05, 0) is 51.0 Å². The molecule has 0 heterocycles. The number of nitrogens with one attached hydrogen (secondary N) is 1. The van der Waals surface area contributed by atoms with Crippen molar-refractivity contribution in [3.8, 4) is 0 Å². The van der Waals surface area contributed by atoms with Crippen LogP contribution in [0.1, 0.15) is 35.3 Å². The molecule has 1 aromatic carbocycles. The molecule has 0 aliphatic rings. The second-order valence-electron chi connectivity index (χ2n) is 4.88. The quantitative estimate of drug-likeness (QED) is 0.866. The predicted molar refractivity (Wildman–Crippen MR) is 63.5 cm³/mol. The summed E-state index contributed by atoms with van der Waals surface area (Å²) in [7, 11) is 0. The van der Waals surface area contributed by atoms with E-state index in [0.717, 1.165) is 25.0 Å². The Morgan fingerprint density at radius 3 is 2.11 bits per heavy atom. The van der Waals surface area contributed by atoms with Gasteiger partial charge in [-0.2, -0.15) is 13.2 Å². The van der Waals surface area contributed by atoms with Crippen LogP contribution in [0.25, 0.3) is 0 Å². The number of hydrogen-bond donors (Lipinski definition) is 1. The summed E-state index contributed by atoms with van der Waals surface area (Å²) in [6, 6.07) is 4.81. The molecule has 1 N–H and O–H groups in total. The van der Waals surface area contributed by atoms with Gasteiger partial charge in [-0.1, -0.05) is 6.07 Å². The average molecular weight is 259 g/mol. The van der Waals surface area contributed by atoms with Gasteiger partial charge in [-0.15, -0.1) is 0 Å². The van der Waals surface area contributed by atoms with E-state index in [1.807, 2.05) is 12.2 Å². The molecule has 0 radical (unpaired) electrons. The number of amides is 1. The molecule has 0 aliphatic carbocycles. The highest BCUT2D eigenvalue weighted by Gasteiger charge is 2.48. The number of carbonyl (C=O) groups excluding carboxylic acids is 1. The molecule has 0 bridgehead atoms. The van der Waals surface area contributed by atoms with Gasteiger partial charge < -0.3 is 5.32 Å². The Hall–Kier alpha value is -1.52. The van der Waals surface area contributed by atoms with E-state index in [1.165, 1.54) is 6.07 Å². The molecule has 0 atom stereocenters. The lowest BCUT2D eigenvalue weighted by atomic mass is 10.0. The van der Waals surface area contributed by atoms with Crippen LogP contribution in [0, 0.1) is 13.8 Å². The van der Waals surface area contributed by atoms with E-state index in [0.29, 0.717) is 0 Å². The number of alkyl halides is 3. The predicted octanol–water partition coefficient (Wildman–Crippen LogP) is 3.37. The highest BCUT2D eigenvalue weighted by molar-refractivity contribution is 5.95. The van der Waals surface area contributed by atoms with Crippen molar-refractivity contribution >= 4 is 5.91 Å². The lowest BCUT2D eigenvalue weighted by Gasteiger charge is -2.28. The summed E-state index contributed by atoms with van der Waals surface area (Å²) in [5.41, 5.74) is -0.160. The maximum atomic E-state index is 12.6. The Balaban J connectivity index is 2.93. The number of rotatable bonds is 2. The van der Waals surface area contributed by atoms with Crippen molar-refractivity contribution in [3.05, 3.63) is 34.9 Å². The molecule has 100 valence electrons. The van der Waals surface area contributed by atoms with Gasteiger partial charge in [-0.3, -0.25) is 4.79 Å². The second-order valence-corrected chi connectivity index (χ2v) is 4.88. The van der Waals surface area contributed by atoms with Crippen molar-refractivity contribution in [1.29, 1.82) is 0 Å². The van der Waals surface area contributed by atoms with Crippen LogP contribution in [0.2, 0.25) is 0 Å². The molecular weight excluding hydrogens is 243 g/mol. The molecule has 0 saturated carbocycles. The zero-order chi connectivity index (χ0) is 14.1. The summed E-state index contributed by atoms with van der Waals surface area (Å²) in [6.07, 6.45) is -4.48. The van der Waals surface area contributed by atoms with Gasteiger partial charge in [0.1, 0.15) is 5.54 Å². The minimum absolute atomic E-state index is 0.232. The monoisotopic (exact) mass is 259 g/mol. The van der Waals surface area contributed by atoms with E-state index in [4.69, 9.17) is 0 Å². The molecule has 1 aromatic rings. The maximum absolute atomic E-state index is 12.6. The van der Waals surface area contributed by atoms with Gasteiger partial charge in [-0.25, -0.2) is 0 Å². The van der Waals surface area contributed by atoms with Crippen LogP contribution in [0.3, 0.4) is 0 Å². The first kappa shape index (κ1) is 14.5. The molecule has 0 aromatic heterocycles. The van der Waals surface area contributed by atoms with Gasteiger partial charge in [0, 0.05) is 5.56 Å². The molecule has 1 amide bonds. The fourth-order valence-electron chi connectivity index (χ4n) is 1.31. The number of carbonyl (C=O) groups is 1. The third kappa shape index (κ3) is 3.03. The van der Waals surface area contributed by atoms with E-state index >= 15 is 0 Å². The summed E-state index contributed by atoms with van der Waals surface area (Å²) in [5, 5.41) is 2.00. The molecule has 1 rings (SSSR count). The summed E-state index contributed by atoms with van der Waals surface area (Å²) in [4.78, 5) is 11.8. The standard InChI is InChI=1S/C13H16F3NO/c1-8-5-6-10(7-9(8)2)11(18)17-12(3,4)13(14,15)16/h5-7H,1-4H3,(H,17,18). The highest BCUT2D eigenvalue weighted by Crippen LogP contribution is 2.29. The van der Waals surface area contributed by atoms with Gasteiger partial charge in [0.05, 0.1) is 0 Å². The first-order chi connectivity index (χ1) is 8.04. The average Bonchev–Trinajstić information content (AvgIpc) is 2.19. The number of benzene rings is 1. The molecule has 18 heavy (non-hydrogen) atoms. The van der Waals surface area contributed by atoms with Crippen molar-refractivity contribution in [2.45, 2.75) is 39.4 Å². The Morgan fingerprint density at radius 1 is 1.11 bits per heavy atom. The molecule has 5 heteroatoms. The third-order valence-corrected chi connectivity index (χ3v) is 2.90. The van der Waals surface area contributed by atoms with Gasteiger partial charge in [0.25, 0.3) is 5.91 Å². The van der Waals surface area contributed by atoms with Crippen molar-refractivity contribution in [2.75, 3.05) is 0 Å². The topological polar surface area (TPSA) is 29.1 Å². The Bertz CT molecular complexity index is 464. The number of aryl methyl sites for hydroxylation is 2. The number of halogens is 3. The first-order valence-electron chi connectivity index (χ1n) is 5.51. The molecular formula is C13H16F3NO. The van der Waals surface area contributed by atoms with Crippen LogP contribution in [0.15, 0.2) is 18.2 Å². The van der Waals surface area contributed by atoms with Crippen LogP contribution < -0.4 is 5.32 Å². The summed E-state index contributed by atoms with van der Waals surface area (Å²) in [6.45, 7) is 5.55. The van der Waals surface area contributed by atoms with E-state index in [2.05, 4.69) is 0 Å². The maximum Gasteiger partial charge on any atom is 0.410 e. The zero-order valence-corrected chi connectivity index (χ0v) is 10.8. The van der Waals surface area contributed by atoms with Crippen LogP contribution in [-0.2, 0) is 0 Å². The lowest BCUT2D eigenvalue weighted by Crippen LogP contribution is -2.54. The van der Waals surface area contributed by atoms with Crippen molar-refractivity contribution in [3.63, 3.8) is 0 Å². The van der Waals surface area contributed by atoms with Gasteiger partial charge in [0.15, 0.2) is 0 Å². The Labute approximate surface area is 104 Å². The molecule has 0 aliphatic heterocycles. The van der Waals surface area contributed by atoms with Gasteiger partial charge >= 0.3 is 6.18 Å². The van der Waals surface area contributed by atoms with Crippen molar-refractivity contribution in [2.24, 2.45) is 0 Å².